The predicted molar refractivity (Wildman–Crippen MR) is 144 cm³/mol. The van der Waals surface area contributed by atoms with Crippen molar-refractivity contribution in [2.24, 2.45) is 0 Å². The van der Waals surface area contributed by atoms with Crippen molar-refractivity contribution in [3.63, 3.8) is 0 Å². The maximum absolute atomic E-state index is 13.1. The fourth-order valence-electron chi connectivity index (χ4n) is 5.33. The lowest BCUT2D eigenvalue weighted by molar-refractivity contribution is 0.0644. The van der Waals surface area contributed by atoms with Gasteiger partial charge in [-0.2, -0.15) is 5.26 Å². The number of hydrogen-bond acceptors (Lipinski definition) is 6. The van der Waals surface area contributed by atoms with Crippen LogP contribution >= 0.6 is 0 Å². The van der Waals surface area contributed by atoms with E-state index in [2.05, 4.69) is 15.2 Å². The van der Waals surface area contributed by atoms with Crippen molar-refractivity contribution in [2.45, 2.75) is 38.1 Å². The van der Waals surface area contributed by atoms with Gasteiger partial charge in [-0.15, -0.1) is 0 Å². The quantitative estimate of drug-likeness (QED) is 0.489. The molecule has 0 bridgehead atoms. The van der Waals surface area contributed by atoms with Crippen LogP contribution in [0.15, 0.2) is 60.8 Å². The maximum Gasteiger partial charge on any atom is 0.253 e. The van der Waals surface area contributed by atoms with E-state index in [0.717, 1.165) is 48.3 Å². The Morgan fingerprint density at radius 3 is 2.29 bits per heavy atom. The van der Waals surface area contributed by atoms with Gasteiger partial charge in [0.2, 0.25) is 0 Å². The first-order valence-corrected chi connectivity index (χ1v) is 13.3. The van der Waals surface area contributed by atoms with Gasteiger partial charge in [-0.3, -0.25) is 9.59 Å². The average molecular weight is 509 g/mol. The van der Waals surface area contributed by atoms with Crippen molar-refractivity contribution < 1.29 is 9.59 Å². The lowest BCUT2D eigenvalue weighted by atomic mass is 10.0. The van der Waals surface area contributed by atoms with Gasteiger partial charge in [-0.1, -0.05) is 24.3 Å². The zero-order chi connectivity index (χ0) is 26.3. The molecule has 2 aliphatic rings. The molecule has 2 saturated heterocycles. The second kappa shape index (κ2) is 12.0. The Labute approximate surface area is 223 Å². The van der Waals surface area contributed by atoms with Gasteiger partial charge in [0.1, 0.15) is 12.4 Å². The molecular weight excluding hydrogens is 476 g/mol. The third-order valence-electron chi connectivity index (χ3n) is 7.45. The normalized spacial score (nSPS) is 16.2. The van der Waals surface area contributed by atoms with Gasteiger partial charge in [0.15, 0.2) is 0 Å². The molecule has 8 nitrogen and oxygen atoms in total. The summed E-state index contributed by atoms with van der Waals surface area (Å²) >= 11 is 0. The van der Waals surface area contributed by atoms with Crippen LogP contribution in [0.4, 0.5) is 0 Å². The second-order valence-electron chi connectivity index (χ2n) is 9.92. The molecule has 2 aromatic carbocycles. The highest BCUT2D eigenvalue weighted by molar-refractivity contribution is 5.95. The van der Waals surface area contributed by atoms with Crippen molar-refractivity contribution in [3.8, 4) is 17.3 Å². The molecule has 2 amide bonds. The minimum Gasteiger partial charge on any atom is -0.339 e. The molecule has 0 spiro atoms. The van der Waals surface area contributed by atoms with E-state index < -0.39 is 0 Å². The second-order valence-corrected chi connectivity index (χ2v) is 9.92. The number of benzene rings is 2. The van der Waals surface area contributed by atoms with Crippen molar-refractivity contribution >= 4 is 11.8 Å². The number of nitrogens with zero attached hydrogens (tertiary/aromatic N) is 5. The summed E-state index contributed by atoms with van der Waals surface area (Å²) in [5.41, 5.74) is 3.89. The highest BCUT2D eigenvalue weighted by atomic mass is 16.2. The Hall–Kier alpha value is -4.09. The summed E-state index contributed by atoms with van der Waals surface area (Å²) in [6.07, 6.45) is 7.02. The minimum atomic E-state index is -0.282. The van der Waals surface area contributed by atoms with E-state index in [1.54, 1.807) is 18.3 Å². The molecule has 5 rings (SSSR count). The molecule has 1 N–H and O–H groups in total. The Bertz CT molecular complexity index is 1300. The molecule has 1 aromatic heterocycles. The Balaban J connectivity index is 1.18. The smallest absolute Gasteiger partial charge is 0.253 e. The zero-order valence-corrected chi connectivity index (χ0v) is 21.5. The molecule has 2 aliphatic heterocycles. The van der Waals surface area contributed by atoms with Crippen LogP contribution in [0.2, 0.25) is 0 Å². The average Bonchev–Trinajstić information content (AvgIpc) is 3.52. The van der Waals surface area contributed by atoms with Crippen LogP contribution in [0.5, 0.6) is 0 Å². The standard InChI is InChI=1S/C30H32N6O2/c31-14-16-33-29(37)24-9-7-23(8-10-24)27-11-15-32-28(34-27)21-22-3-5-25(6-4-22)30(38)36-19-12-26(13-20-36)35-17-1-2-18-35/h3-11,15,26H,1-2,12-13,16-21H2,(H,33,37). The third kappa shape index (κ3) is 6.06. The van der Waals surface area contributed by atoms with Crippen LogP contribution in [-0.4, -0.2) is 70.3 Å². The molecule has 3 aromatic rings. The lowest BCUT2D eigenvalue weighted by Crippen LogP contribution is -2.45. The van der Waals surface area contributed by atoms with Gasteiger partial charge in [-0.25, -0.2) is 9.97 Å². The lowest BCUT2D eigenvalue weighted by Gasteiger charge is -2.36. The van der Waals surface area contributed by atoms with E-state index in [0.29, 0.717) is 23.9 Å². The summed E-state index contributed by atoms with van der Waals surface area (Å²) in [7, 11) is 0. The Kier molecular flexibility index (Phi) is 8.05. The number of carbonyl (C=O) groups excluding carboxylic acids is 2. The van der Waals surface area contributed by atoms with Gasteiger partial charge >= 0.3 is 0 Å². The van der Waals surface area contributed by atoms with E-state index in [1.165, 1.54) is 25.9 Å². The topological polar surface area (TPSA) is 102 Å². The minimum absolute atomic E-state index is 0.0253. The van der Waals surface area contributed by atoms with Crippen LogP contribution in [0.25, 0.3) is 11.3 Å². The number of amides is 2. The number of aromatic nitrogens is 2. The number of piperidine rings is 1. The fourth-order valence-corrected chi connectivity index (χ4v) is 5.33. The van der Waals surface area contributed by atoms with Gasteiger partial charge in [0, 0.05) is 48.4 Å². The number of nitriles is 1. The molecule has 0 atom stereocenters. The monoisotopic (exact) mass is 508 g/mol. The molecule has 0 aliphatic carbocycles. The molecule has 0 unspecified atom stereocenters. The number of likely N-dealkylation sites (tertiary alicyclic amines) is 2. The summed E-state index contributed by atoms with van der Waals surface area (Å²) in [6.45, 7) is 4.05. The van der Waals surface area contributed by atoms with E-state index in [-0.39, 0.29) is 18.4 Å². The van der Waals surface area contributed by atoms with Gasteiger partial charge in [-0.05, 0) is 74.7 Å². The van der Waals surface area contributed by atoms with Gasteiger partial charge < -0.3 is 15.1 Å². The maximum atomic E-state index is 13.1. The van der Waals surface area contributed by atoms with Crippen molar-refractivity contribution in [3.05, 3.63) is 83.3 Å². The Morgan fingerprint density at radius 1 is 0.921 bits per heavy atom. The molecule has 0 radical (unpaired) electrons. The van der Waals surface area contributed by atoms with E-state index in [9.17, 15) is 9.59 Å². The van der Waals surface area contributed by atoms with Crippen molar-refractivity contribution in [2.75, 3.05) is 32.7 Å². The number of hydrogen-bond donors (Lipinski definition) is 1. The summed E-state index contributed by atoms with van der Waals surface area (Å²) in [5.74, 6) is 0.510. The number of carbonyl (C=O) groups is 2. The molecule has 2 fully saturated rings. The highest BCUT2D eigenvalue weighted by Crippen LogP contribution is 2.23. The van der Waals surface area contributed by atoms with Crippen LogP contribution in [0, 0.1) is 11.3 Å². The van der Waals surface area contributed by atoms with Gasteiger partial charge in [0.05, 0.1) is 11.8 Å². The van der Waals surface area contributed by atoms with Crippen LogP contribution in [-0.2, 0) is 6.42 Å². The van der Waals surface area contributed by atoms with Crippen molar-refractivity contribution in [1.29, 1.82) is 5.26 Å². The number of nitrogens with one attached hydrogen (secondary N) is 1. The zero-order valence-electron chi connectivity index (χ0n) is 21.5. The summed E-state index contributed by atoms with van der Waals surface area (Å²) in [5, 5.41) is 11.2. The summed E-state index contributed by atoms with van der Waals surface area (Å²) in [4.78, 5) is 38.8. The SMILES string of the molecule is N#CCNC(=O)c1ccc(-c2ccnc(Cc3ccc(C(=O)N4CCC(N5CCCC5)CC4)cc3)n2)cc1. The molecular formula is C30H32N6O2. The van der Waals surface area contributed by atoms with E-state index >= 15 is 0 Å². The molecule has 3 heterocycles. The van der Waals surface area contributed by atoms with Crippen LogP contribution in [0.1, 0.15) is 57.8 Å². The van der Waals surface area contributed by atoms with E-state index in [1.807, 2.05) is 53.4 Å². The highest BCUT2D eigenvalue weighted by Gasteiger charge is 2.28. The number of rotatable bonds is 7. The van der Waals surface area contributed by atoms with Gasteiger partial charge in [0.25, 0.3) is 11.8 Å². The van der Waals surface area contributed by atoms with Crippen LogP contribution < -0.4 is 5.32 Å². The fraction of sp³-hybridized carbons (Fsp3) is 0.367. The van der Waals surface area contributed by atoms with E-state index in [4.69, 9.17) is 10.2 Å². The predicted octanol–water partition coefficient (Wildman–Crippen LogP) is 3.69. The largest absolute Gasteiger partial charge is 0.339 e. The van der Waals surface area contributed by atoms with Crippen LogP contribution in [0.3, 0.4) is 0 Å². The first-order valence-electron chi connectivity index (χ1n) is 13.3. The molecule has 0 saturated carbocycles. The first-order chi connectivity index (χ1) is 18.6. The first kappa shape index (κ1) is 25.6. The third-order valence-corrected chi connectivity index (χ3v) is 7.45. The molecule has 8 heteroatoms. The Morgan fingerprint density at radius 2 is 1.61 bits per heavy atom. The summed E-state index contributed by atoms with van der Waals surface area (Å²) in [6, 6.07) is 19.2. The van der Waals surface area contributed by atoms with Crippen molar-refractivity contribution in [1.82, 2.24) is 25.1 Å². The summed E-state index contributed by atoms with van der Waals surface area (Å²) < 4.78 is 0. The molecule has 38 heavy (non-hydrogen) atoms. The molecule has 194 valence electrons.